The maximum Gasteiger partial charge on any atom is 0.104 e. The Labute approximate surface area is 106 Å². The lowest BCUT2D eigenvalue weighted by Gasteiger charge is -2.26. The normalized spacial score (nSPS) is 11.2. The summed E-state index contributed by atoms with van der Waals surface area (Å²) in [6.07, 6.45) is 0. The SMILES string of the molecule is Cc1cc(C)c(C[N+](C)(C)C)c(C)c1C.[Cl-]. The molecule has 0 heterocycles. The van der Waals surface area contributed by atoms with Crippen LogP contribution in [0.3, 0.4) is 0 Å². The van der Waals surface area contributed by atoms with Crippen LogP contribution in [0.1, 0.15) is 27.8 Å². The second kappa shape index (κ2) is 5.20. The molecule has 1 nitrogen and oxygen atoms in total. The molecule has 16 heavy (non-hydrogen) atoms. The summed E-state index contributed by atoms with van der Waals surface area (Å²) in [6, 6.07) is 2.31. The molecule has 0 saturated carbocycles. The zero-order chi connectivity index (χ0) is 11.8. The first-order valence-corrected chi connectivity index (χ1v) is 5.59. The predicted molar refractivity (Wildman–Crippen MR) is 67.1 cm³/mol. The van der Waals surface area contributed by atoms with E-state index in [9.17, 15) is 0 Å². The maximum absolute atomic E-state index is 2.31. The van der Waals surface area contributed by atoms with Crippen LogP contribution in [0.2, 0.25) is 0 Å². The molecule has 0 aliphatic rings. The summed E-state index contributed by atoms with van der Waals surface area (Å²) in [5.74, 6) is 0. The van der Waals surface area contributed by atoms with Gasteiger partial charge >= 0.3 is 0 Å². The van der Waals surface area contributed by atoms with Crippen LogP contribution in [-0.2, 0) is 6.54 Å². The van der Waals surface area contributed by atoms with Crippen molar-refractivity contribution in [1.82, 2.24) is 0 Å². The first-order valence-electron chi connectivity index (χ1n) is 5.59. The zero-order valence-electron chi connectivity index (χ0n) is 11.6. The third-order valence-electron chi connectivity index (χ3n) is 3.15. The summed E-state index contributed by atoms with van der Waals surface area (Å²) < 4.78 is 0.990. The van der Waals surface area contributed by atoms with Crippen LogP contribution >= 0.6 is 0 Å². The molecule has 0 fully saturated rings. The number of hydrogen-bond donors (Lipinski definition) is 0. The summed E-state index contributed by atoms with van der Waals surface area (Å²) in [5.41, 5.74) is 7.29. The van der Waals surface area contributed by atoms with Gasteiger partial charge < -0.3 is 16.9 Å². The lowest BCUT2D eigenvalue weighted by Crippen LogP contribution is -3.00. The van der Waals surface area contributed by atoms with Crippen molar-refractivity contribution in [2.75, 3.05) is 21.1 Å². The van der Waals surface area contributed by atoms with Crippen molar-refractivity contribution in [3.63, 3.8) is 0 Å². The molecule has 0 N–H and O–H groups in total. The van der Waals surface area contributed by atoms with Crippen molar-refractivity contribution in [3.05, 3.63) is 33.9 Å². The minimum Gasteiger partial charge on any atom is -1.00 e. The highest BCUT2D eigenvalue weighted by Gasteiger charge is 2.15. The highest BCUT2D eigenvalue weighted by Crippen LogP contribution is 2.23. The summed E-state index contributed by atoms with van der Waals surface area (Å²) >= 11 is 0. The highest BCUT2D eigenvalue weighted by atomic mass is 35.5. The van der Waals surface area contributed by atoms with Crippen molar-refractivity contribution >= 4 is 0 Å². The van der Waals surface area contributed by atoms with E-state index >= 15 is 0 Å². The van der Waals surface area contributed by atoms with Gasteiger partial charge in [0.25, 0.3) is 0 Å². The molecular weight excluding hydrogens is 218 g/mol. The van der Waals surface area contributed by atoms with Gasteiger partial charge in [-0.1, -0.05) is 6.07 Å². The molecule has 0 atom stereocenters. The minimum atomic E-state index is 0. The Kier molecular flexibility index (Phi) is 5.03. The van der Waals surface area contributed by atoms with Gasteiger partial charge in [0.2, 0.25) is 0 Å². The molecule has 1 rings (SSSR count). The average molecular weight is 242 g/mol. The number of nitrogens with zero attached hydrogens (tertiary/aromatic N) is 1. The smallest absolute Gasteiger partial charge is 0.104 e. The van der Waals surface area contributed by atoms with Crippen molar-refractivity contribution in [2.24, 2.45) is 0 Å². The molecule has 0 unspecified atom stereocenters. The van der Waals surface area contributed by atoms with Gasteiger partial charge in [-0.2, -0.15) is 0 Å². The summed E-state index contributed by atoms with van der Waals surface area (Å²) in [4.78, 5) is 0. The van der Waals surface area contributed by atoms with Crippen LogP contribution < -0.4 is 12.4 Å². The van der Waals surface area contributed by atoms with Crippen LogP contribution in [0.5, 0.6) is 0 Å². The molecule has 0 radical (unpaired) electrons. The third-order valence-corrected chi connectivity index (χ3v) is 3.15. The van der Waals surface area contributed by atoms with Crippen molar-refractivity contribution in [1.29, 1.82) is 0 Å². The quantitative estimate of drug-likeness (QED) is 0.646. The Bertz CT molecular complexity index is 375. The molecule has 0 amide bonds. The lowest BCUT2D eigenvalue weighted by atomic mass is 9.94. The summed E-state index contributed by atoms with van der Waals surface area (Å²) in [6.45, 7) is 10.0. The van der Waals surface area contributed by atoms with E-state index in [4.69, 9.17) is 0 Å². The lowest BCUT2D eigenvalue weighted by molar-refractivity contribution is -0.884. The molecular formula is C14H24ClN. The van der Waals surface area contributed by atoms with E-state index in [-0.39, 0.29) is 12.4 Å². The van der Waals surface area contributed by atoms with Gasteiger partial charge in [-0.05, 0) is 49.9 Å². The minimum absolute atomic E-state index is 0. The fourth-order valence-corrected chi connectivity index (χ4v) is 2.06. The Balaban J connectivity index is 0.00000225. The number of benzene rings is 1. The fourth-order valence-electron chi connectivity index (χ4n) is 2.06. The largest absolute Gasteiger partial charge is 1.00 e. The van der Waals surface area contributed by atoms with Gasteiger partial charge in [0.05, 0.1) is 21.1 Å². The first kappa shape index (κ1) is 15.5. The predicted octanol–water partition coefficient (Wildman–Crippen LogP) is 0.130. The molecule has 0 bridgehead atoms. The molecule has 1 aromatic rings. The van der Waals surface area contributed by atoms with Crippen molar-refractivity contribution in [3.8, 4) is 0 Å². The second-order valence-corrected chi connectivity index (χ2v) is 5.69. The van der Waals surface area contributed by atoms with Gasteiger partial charge in [-0.3, -0.25) is 0 Å². The van der Waals surface area contributed by atoms with E-state index in [1.54, 1.807) is 0 Å². The number of halogens is 1. The monoisotopic (exact) mass is 241 g/mol. The van der Waals surface area contributed by atoms with Gasteiger partial charge in [-0.15, -0.1) is 0 Å². The molecule has 0 aromatic heterocycles. The van der Waals surface area contributed by atoms with Crippen molar-refractivity contribution < 1.29 is 16.9 Å². The van der Waals surface area contributed by atoms with Crippen LogP contribution in [-0.4, -0.2) is 25.6 Å². The number of quaternary nitrogens is 1. The standard InChI is InChI=1S/C14H24N.ClH/c1-10-8-11(2)14(9-15(5,6)7)13(4)12(10)3;/h8H,9H2,1-7H3;1H/q+1;/p-1. The average Bonchev–Trinajstić information content (AvgIpc) is 2.07. The van der Waals surface area contributed by atoms with Gasteiger partial charge in [-0.25, -0.2) is 0 Å². The van der Waals surface area contributed by atoms with E-state index in [1.165, 1.54) is 27.8 Å². The van der Waals surface area contributed by atoms with E-state index in [0.717, 1.165) is 11.0 Å². The summed E-state index contributed by atoms with van der Waals surface area (Å²) in [5, 5.41) is 0. The molecule has 0 aliphatic heterocycles. The molecule has 92 valence electrons. The molecule has 0 aliphatic carbocycles. The zero-order valence-corrected chi connectivity index (χ0v) is 12.4. The summed E-state index contributed by atoms with van der Waals surface area (Å²) in [7, 11) is 6.73. The van der Waals surface area contributed by atoms with Crippen LogP contribution in [0.25, 0.3) is 0 Å². The Hall–Kier alpha value is -0.530. The second-order valence-electron chi connectivity index (χ2n) is 5.69. The van der Waals surface area contributed by atoms with E-state index in [0.29, 0.717) is 0 Å². The Morgan fingerprint density at radius 1 is 0.875 bits per heavy atom. The first-order chi connectivity index (χ1) is 6.72. The van der Waals surface area contributed by atoms with E-state index in [1.807, 2.05) is 0 Å². The van der Waals surface area contributed by atoms with Gasteiger partial charge in [0.1, 0.15) is 6.54 Å². The maximum atomic E-state index is 2.31. The van der Waals surface area contributed by atoms with Crippen molar-refractivity contribution in [2.45, 2.75) is 34.2 Å². The van der Waals surface area contributed by atoms with Crippen LogP contribution in [0.15, 0.2) is 6.07 Å². The molecule has 0 spiro atoms. The van der Waals surface area contributed by atoms with Gasteiger partial charge in [0.15, 0.2) is 0 Å². The topological polar surface area (TPSA) is 0 Å². The Morgan fingerprint density at radius 3 is 1.81 bits per heavy atom. The number of aryl methyl sites for hydroxylation is 2. The van der Waals surface area contributed by atoms with E-state index in [2.05, 4.69) is 54.9 Å². The number of rotatable bonds is 2. The molecule has 2 heteroatoms. The fraction of sp³-hybridized carbons (Fsp3) is 0.571. The van der Waals surface area contributed by atoms with E-state index < -0.39 is 0 Å². The highest BCUT2D eigenvalue weighted by molar-refractivity contribution is 5.43. The van der Waals surface area contributed by atoms with Crippen LogP contribution in [0.4, 0.5) is 0 Å². The van der Waals surface area contributed by atoms with Gasteiger partial charge in [0, 0.05) is 5.56 Å². The van der Waals surface area contributed by atoms with Crippen LogP contribution in [0, 0.1) is 27.7 Å². The number of hydrogen-bond acceptors (Lipinski definition) is 0. The third kappa shape index (κ3) is 3.50. The Morgan fingerprint density at radius 2 is 1.38 bits per heavy atom. The molecule has 1 aromatic carbocycles. The molecule has 0 saturated heterocycles.